The highest BCUT2D eigenvalue weighted by atomic mass is 32.2. The van der Waals surface area contributed by atoms with Crippen LogP contribution >= 0.6 is 11.8 Å². The van der Waals surface area contributed by atoms with Crippen molar-refractivity contribution in [1.29, 1.82) is 0 Å². The molecule has 1 spiro atoms. The summed E-state index contributed by atoms with van der Waals surface area (Å²) in [5.74, 6) is 3.19. The molecule has 1 heterocycles. The zero-order chi connectivity index (χ0) is 42.3. The zero-order valence-corrected chi connectivity index (χ0v) is 38.0. The second-order valence-electron chi connectivity index (χ2n) is 21.5. The minimum absolute atomic E-state index is 0.0601. The van der Waals surface area contributed by atoms with E-state index in [1.807, 2.05) is 11.8 Å². The zero-order valence-electron chi connectivity index (χ0n) is 37.2. The van der Waals surface area contributed by atoms with Gasteiger partial charge in [-0.1, -0.05) is 155 Å². The van der Waals surface area contributed by atoms with Gasteiger partial charge < -0.3 is 4.90 Å². The summed E-state index contributed by atoms with van der Waals surface area (Å²) in [6.07, 6.45) is 9.36. The van der Waals surface area contributed by atoms with Crippen LogP contribution in [0, 0.1) is 23.7 Å². The van der Waals surface area contributed by atoms with E-state index in [4.69, 9.17) is 0 Å². The molecule has 0 amide bonds. The topological polar surface area (TPSA) is 3.24 Å². The number of hydrogen-bond donors (Lipinski definition) is 0. The maximum absolute atomic E-state index is 2.69. The van der Waals surface area contributed by atoms with Crippen molar-refractivity contribution in [1.82, 2.24) is 0 Å². The average Bonchev–Trinajstić information content (AvgIpc) is 3.61. The van der Waals surface area contributed by atoms with Crippen molar-refractivity contribution >= 4 is 28.8 Å². The van der Waals surface area contributed by atoms with E-state index in [0.29, 0.717) is 11.8 Å². The minimum Gasteiger partial charge on any atom is -0.310 e. The quantitative estimate of drug-likeness (QED) is 0.170. The minimum atomic E-state index is -0.474. The molecule has 0 radical (unpaired) electrons. The summed E-state index contributed by atoms with van der Waals surface area (Å²) in [6, 6.07) is 63.9. The molecule has 7 aromatic rings. The third-order valence-electron chi connectivity index (χ3n) is 17.4. The summed E-state index contributed by atoms with van der Waals surface area (Å²) in [5.41, 5.74) is 17.7. The molecule has 0 atom stereocenters. The lowest BCUT2D eigenvalue weighted by Crippen LogP contribution is -2.57. The van der Waals surface area contributed by atoms with Gasteiger partial charge in [0.2, 0.25) is 0 Å². The van der Waals surface area contributed by atoms with Crippen LogP contribution < -0.4 is 4.90 Å². The van der Waals surface area contributed by atoms with Crippen molar-refractivity contribution in [2.75, 3.05) is 4.90 Å². The number of hydrogen-bond acceptors (Lipinski definition) is 2. The van der Waals surface area contributed by atoms with Crippen molar-refractivity contribution in [2.45, 2.75) is 104 Å². The van der Waals surface area contributed by atoms with Gasteiger partial charge in [0.1, 0.15) is 0 Å². The Morgan fingerprint density at radius 3 is 1.62 bits per heavy atom. The maximum atomic E-state index is 2.69. The van der Waals surface area contributed by atoms with Crippen molar-refractivity contribution < 1.29 is 0 Å². The van der Waals surface area contributed by atoms with Crippen LogP contribution in [0.4, 0.5) is 17.1 Å². The fourth-order valence-corrected chi connectivity index (χ4v) is 16.0. The lowest BCUT2D eigenvalue weighted by Gasteiger charge is -2.63. The van der Waals surface area contributed by atoms with Gasteiger partial charge in [0, 0.05) is 32.3 Å². The predicted octanol–water partition coefficient (Wildman–Crippen LogP) is 16.1. The molecule has 63 heavy (non-hydrogen) atoms. The van der Waals surface area contributed by atoms with Gasteiger partial charge in [0.05, 0.1) is 5.41 Å². The smallest absolute Gasteiger partial charge is 0.0714 e. The second-order valence-corrected chi connectivity index (χ2v) is 22.6. The Kier molecular flexibility index (Phi) is 8.24. The van der Waals surface area contributed by atoms with E-state index in [0.717, 1.165) is 11.8 Å². The Bertz CT molecular complexity index is 2900. The monoisotopic (exact) mass is 835 g/mol. The van der Waals surface area contributed by atoms with E-state index in [2.05, 4.69) is 196 Å². The average molecular weight is 836 g/mol. The first-order chi connectivity index (χ1) is 30.7. The molecule has 7 aliphatic rings. The number of benzene rings is 7. The molecule has 7 aromatic carbocycles. The van der Waals surface area contributed by atoms with Gasteiger partial charge in [-0.05, 0) is 184 Å². The molecule has 4 saturated carbocycles. The fraction of sp³-hybridized carbons (Fsp3) is 0.311. The maximum Gasteiger partial charge on any atom is 0.0714 e. The van der Waals surface area contributed by atoms with E-state index in [1.54, 1.807) is 11.1 Å². The van der Waals surface area contributed by atoms with Crippen molar-refractivity contribution in [3.63, 3.8) is 0 Å². The molecule has 0 saturated heterocycles. The molecule has 0 aromatic heterocycles. The van der Waals surface area contributed by atoms with Crippen LogP contribution in [0.15, 0.2) is 174 Å². The standard InChI is InChI=1S/C61H57NS/c1-58(2)29-30-59(3,4)54-37-46(25-27-52(54)58)62(47-26-28-57-55(38-47)61(53-23-12-13-24-56(53)63-57)43-32-39-31-40(34-43)35-44(61)33-39)45-18-14-17-42(36-45)60(41-15-6-5-7-16-41)50-21-10-8-19-48(50)49-20-9-11-22-51(49)60/h5-28,36-40,43-44H,29-35H2,1-4H3. The summed E-state index contributed by atoms with van der Waals surface area (Å²) < 4.78 is 0. The van der Waals surface area contributed by atoms with Crippen LogP contribution in [0.3, 0.4) is 0 Å². The first-order valence-electron chi connectivity index (χ1n) is 23.9. The normalized spacial score (nSPS) is 25.7. The summed E-state index contributed by atoms with van der Waals surface area (Å²) >= 11 is 2.02. The number of nitrogens with zero attached hydrogens (tertiary/aromatic N) is 1. The van der Waals surface area contributed by atoms with E-state index < -0.39 is 5.41 Å². The summed E-state index contributed by atoms with van der Waals surface area (Å²) in [4.78, 5) is 5.59. The van der Waals surface area contributed by atoms with E-state index in [-0.39, 0.29) is 16.2 Å². The molecule has 0 N–H and O–H groups in total. The number of fused-ring (bicyclic) bond motifs is 6. The lowest BCUT2D eigenvalue weighted by molar-refractivity contribution is -0.0443. The largest absolute Gasteiger partial charge is 0.310 e. The van der Waals surface area contributed by atoms with Crippen molar-refractivity contribution in [3.8, 4) is 11.1 Å². The molecule has 4 bridgehead atoms. The van der Waals surface area contributed by atoms with Crippen LogP contribution in [-0.4, -0.2) is 0 Å². The first kappa shape index (κ1) is 38.2. The fourth-order valence-electron chi connectivity index (χ4n) is 14.8. The SMILES string of the molecule is CC1(C)CCC(C)(C)c2cc(N(c3cccc(C4(c5ccccc5)c5ccccc5-c5ccccc54)c3)c3ccc4c(c3)C3(c5ccccc5S4)C4CC5CC(C4)CC3C5)ccc21. The number of rotatable bonds is 5. The Hall–Kier alpha value is -5.31. The van der Waals surface area contributed by atoms with Crippen LogP contribution in [-0.2, 0) is 21.7 Å². The van der Waals surface area contributed by atoms with Gasteiger partial charge in [-0.25, -0.2) is 0 Å². The van der Waals surface area contributed by atoms with Gasteiger partial charge in [-0.15, -0.1) is 0 Å². The van der Waals surface area contributed by atoms with Gasteiger partial charge in [-0.3, -0.25) is 0 Å². The van der Waals surface area contributed by atoms with Crippen molar-refractivity contribution in [2.24, 2.45) is 23.7 Å². The highest BCUT2D eigenvalue weighted by Crippen LogP contribution is 2.69. The Morgan fingerprint density at radius 1 is 0.413 bits per heavy atom. The molecule has 6 aliphatic carbocycles. The van der Waals surface area contributed by atoms with Crippen LogP contribution in [0.25, 0.3) is 11.1 Å². The molecular weight excluding hydrogens is 779 g/mol. The lowest BCUT2D eigenvalue weighted by atomic mass is 9.42. The van der Waals surface area contributed by atoms with E-state index in [9.17, 15) is 0 Å². The highest BCUT2D eigenvalue weighted by molar-refractivity contribution is 7.99. The van der Waals surface area contributed by atoms with E-state index in [1.165, 1.54) is 116 Å². The van der Waals surface area contributed by atoms with Crippen LogP contribution in [0.2, 0.25) is 0 Å². The molecule has 312 valence electrons. The Labute approximate surface area is 379 Å². The molecule has 4 fully saturated rings. The summed E-state index contributed by atoms with van der Waals surface area (Å²) in [7, 11) is 0. The summed E-state index contributed by atoms with van der Waals surface area (Å²) in [6.45, 7) is 9.84. The Balaban J connectivity index is 1.06. The van der Waals surface area contributed by atoms with Crippen LogP contribution in [0.5, 0.6) is 0 Å². The number of anilines is 3. The highest BCUT2D eigenvalue weighted by Gasteiger charge is 2.61. The van der Waals surface area contributed by atoms with Crippen molar-refractivity contribution in [3.05, 3.63) is 208 Å². The molecular formula is C61H57NS. The van der Waals surface area contributed by atoms with E-state index >= 15 is 0 Å². The molecule has 14 rings (SSSR count). The Morgan fingerprint density at radius 2 is 0.937 bits per heavy atom. The summed E-state index contributed by atoms with van der Waals surface area (Å²) in [5, 5.41) is 0. The van der Waals surface area contributed by atoms with Gasteiger partial charge in [-0.2, -0.15) is 0 Å². The molecule has 1 nitrogen and oxygen atoms in total. The van der Waals surface area contributed by atoms with Gasteiger partial charge in [0.25, 0.3) is 0 Å². The third-order valence-corrected chi connectivity index (χ3v) is 18.6. The second kappa shape index (κ2) is 13.6. The van der Waals surface area contributed by atoms with Gasteiger partial charge >= 0.3 is 0 Å². The third kappa shape index (κ3) is 5.31. The van der Waals surface area contributed by atoms with Crippen LogP contribution in [0.1, 0.15) is 117 Å². The molecule has 0 unspecified atom stereocenters. The molecule has 1 aliphatic heterocycles. The molecule has 2 heteroatoms. The predicted molar refractivity (Wildman–Crippen MR) is 262 cm³/mol. The first-order valence-corrected chi connectivity index (χ1v) is 24.7. The van der Waals surface area contributed by atoms with Gasteiger partial charge in [0.15, 0.2) is 0 Å².